The predicted molar refractivity (Wildman–Crippen MR) is 115 cm³/mol. The van der Waals surface area contributed by atoms with Gasteiger partial charge in [0, 0.05) is 29.4 Å². The summed E-state index contributed by atoms with van der Waals surface area (Å²) in [5, 5.41) is 3.64. The number of thioether (sulfide) groups is 1. The zero-order chi connectivity index (χ0) is 20.4. The van der Waals surface area contributed by atoms with Crippen molar-refractivity contribution < 1.29 is 14.3 Å². The third kappa shape index (κ3) is 4.24. The molecule has 1 aliphatic heterocycles. The van der Waals surface area contributed by atoms with Crippen LogP contribution in [0.5, 0.6) is 11.5 Å². The Balaban J connectivity index is 1.32. The van der Waals surface area contributed by atoms with Crippen molar-refractivity contribution in [3.05, 3.63) is 69.0 Å². The minimum atomic E-state index is -0.0529. The maximum Gasteiger partial charge on any atom is 0.231 e. The standard InChI is InChI=1S/C22H22N2O4S/c1-13-3-4-14(2)22-21(13)17(25)8-16(24-22)10-29-11-20(26)23-9-15-5-6-18-19(7-15)28-12-27-18/h3-8H,9-12H2,1-2H3,(H,23,26)(H,24,25). The summed E-state index contributed by atoms with van der Waals surface area (Å²) in [6.07, 6.45) is 0. The molecule has 2 heterocycles. The number of aromatic nitrogens is 1. The van der Waals surface area contributed by atoms with Crippen molar-refractivity contribution in [2.24, 2.45) is 0 Å². The Labute approximate surface area is 172 Å². The first-order chi connectivity index (χ1) is 14.0. The summed E-state index contributed by atoms with van der Waals surface area (Å²) in [6, 6.07) is 11.2. The highest BCUT2D eigenvalue weighted by atomic mass is 32.2. The molecule has 0 saturated heterocycles. The third-order valence-electron chi connectivity index (χ3n) is 4.88. The fraction of sp³-hybridized carbons (Fsp3) is 0.273. The van der Waals surface area contributed by atoms with Crippen molar-refractivity contribution in [2.75, 3.05) is 12.5 Å². The molecule has 0 aliphatic carbocycles. The number of nitrogens with one attached hydrogen (secondary N) is 2. The number of H-pyrrole nitrogens is 1. The number of carbonyl (C=O) groups excluding carboxylic acids is 1. The Hall–Kier alpha value is -2.93. The fourth-order valence-electron chi connectivity index (χ4n) is 3.35. The summed E-state index contributed by atoms with van der Waals surface area (Å²) in [5.74, 6) is 2.26. The first-order valence-corrected chi connectivity index (χ1v) is 10.5. The molecule has 1 aliphatic rings. The van der Waals surface area contributed by atoms with Gasteiger partial charge in [0.15, 0.2) is 16.9 Å². The second-order valence-electron chi connectivity index (χ2n) is 7.07. The lowest BCUT2D eigenvalue weighted by Crippen LogP contribution is -2.24. The van der Waals surface area contributed by atoms with Crippen LogP contribution in [0.25, 0.3) is 10.9 Å². The molecular weight excluding hydrogens is 388 g/mol. The smallest absolute Gasteiger partial charge is 0.231 e. The van der Waals surface area contributed by atoms with Crippen LogP contribution in [-0.4, -0.2) is 23.4 Å². The molecule has 6 nitrogen and oxygen atoms in total. The SMILES string of the molecule is Cc1ccc(C)c2c(=O)cc(CSCC(=O)NCc3ccc4c(c3)OCO4)[nH]c12. The van der Waals surface area contributed by atoms with Crippen LogP contribution in [0, 0.1) is 13.8 Å². The minimum Gasteiger partial charge on any atom is -0.454 e. The van der Waals surface area contributed by atoms with Crippen LogP contribution < -0.4 is 20.2 Å². The van der Waals surface area contributed by atoms with Gasteiger partial charge in [0.2, 0.25) is 12.7 Å². The predicted octanol–water partition coefficient (Wildman–Crippen LogP) is 3.42. The number of aryl methyl sites for hydroxylation is 2. The van der Waals surface area contributed by atoms with Crippen molar-refractivity contribution >= 4 is 28.6 Å². The average Bonchev–Trinajstić information content (AvgIpc) is 3.17. The van der Waals surface area contributed by atoms with E-state index in [4.69, 9.17) is 9.47 Å². The zero-order valence-electron chi connectivity index (χ0n) is 16.3. The van der Waals surface area contributed by atoms with Gasteiger partial charge in [-0.2, -0.15) is 0 Å². The maximum absolute atomic E-state index is 12.5. The summed E-state index contributed by atoms with van der Waals surface area (Å²) in [4.78, 5) is 28.0. The molecule has 150 valence electrons. The van der Waals surface area contributed by atoms with Gasteiger partial charge in [-0.25, -0.2) is 0 Å². The molecule has 2 N–H and O–H groups in total. The van der Waals surface area contributed by atoms with Crippen LogP contribution in [-0.2, 0) is 17.1 Å². The average molecular weight is 410 g/mol. The van der Waals surface area contributed by atoms with E-state index in [-0.39, 0.29) is 18.1 Å². The second-order valence-corrected chi connectivity index (χ2v) is 8.05. The van der Waals surface area contributed by atoms with Crippen LogP contribution in [0.4, 0.5) is 0 Å². The molecule has 0 unspecified atom stereocenters. The van der Waals surface area contributed by atoms with Crippen LogP contribution in [0.3, 0.4) is 0 Å². The van der Waals surface area contributed by atoms with Gasteiger partial charge in [-0.05, 0) is 42.7 Å². The van der Waals surface area contributed by atoms with E-state index in [0.717, 1.165) is 39.0 Å². The molecule has 0 radical (unpaired) electrons. The Morgan fingerprint density at radius 1 is 1.10 bits per heavy atom. The molecule has 0 atom stereocenters. The van der Waals surface area contributed by atoms with E-state index >= 15 is 0 Å². The Bertz CT molecular complexity index is 1140. The van der Waals surface area contributed by atoms with Crippen molar-refractivity contribution in [3.8, 4) is 11.5 Å². The molecule has 2 aromatic carbocycles. The highest BCUT2D eigenvalue weighted by Crippen LogP contribution is 2.32. The molecule has 0 saturated carbocycles. The summed E-state index contributed by atoms with van der Waals surface area (Å²) < 4.78 is 10.6. The second kappa shape index (κ2) is 8.21. The summed E-state index contributed by atoms with van der Waals surface area (Å²) in [7, 11) is 0. The number of hydrogen-bond acceptors (Lipinski definition) is 5. The number of rotatable bonds is 6. The first-order valence-electron chi connectivity index (χ1n) is 9.36. The van der Waals surface area contributed by atoms with Gasteiger partial charge in [-0.1, -0.05) is 18.2 Å². The molecule has 0 fully saturated rings. The van der Waals surface area contributed by atoms with E-state index in [1.165, 1.54) is 11.8 Å². The molecule has 4 rings (SSSR count). The van der Waals surface area contributed by atoms with E-state index in [2.05, 4.69) is 10.3 Å². The first kappa shape index (κ1) is 19.4. The van der Waals surface area contributed by atoms with Gasteiger partial charge in [0.1, 0.15) is 0 Å². The van der Waals surface area contributed by atoms with Crippen molar-refractivity contribution in [1.29, 1.82) is 0 Å². The lowest BCUT2D eigenvalue weighted by atomic mass is 10.0. The Kier molecular flexibility index (Phi) is 5.49. The highest BCUT2D eigenvalue weighted by molar-refractivity contribution is 7.99. The van der Waals surface area contributed by atoms with Crippen molar-refractivity contribution in [2.45, 2.75) is 26.1 Å². The molecule has 7 heteroatoms. The number of benzene rings is 2. The number of hydrogen-bond donors (Lipinski definition) is 2. The van der Waals surface area contributed by atoms with Gasteiger partial charge in [0.25, 0.3) is 0 Å². The number of pyridine rings is 1. The summed E-state index contributed by atoms with van der Waals surface area (Å²) in [6.45, 7) is 4.59. The molecule has 0 spiro atoms. The van der Waals surface area contributed by atoms with E-state index in [1.807, 2.05) is 44.2 Å². The number of amides is 1. The molecular formula is C22H22N2O4S. The van der Waals surface area contributed by atoms with Crippen LogP contribution in [0.1, 0.15) is 22.4 Å². The summed E-state index contributed by atoms with van der Waals surface area (Å²) >= 11 is 1.47. The molecule has 0 bridgehead atoms. The molecule has 1 amide bonds. The molecule has 3 aromatic rings. The van der Waals surface area contributed by atoms with Crippen LogP contribution in [0.2, 0.25) is 0 Å². The Morgan fingerprint density at radius 2 is 1.90 bits per heavy atom. The summed E-state index contributed by atoms with van der Waals surface area (Å²) in [5.41, 5.74) is 4.68. The van der Waals surface area contributed by atoms with Crippen LogP contribution >= 0.6 is 11.8 Å². The van der Waals surface area contributed by atoms with Gasteiger partial charge in [-0.3, -0.25) is 9.59 Å². The van der Waals surface area contributed by atoms with E-state index in [9.17, 15) is 9.59 Å². The third-order valence-corrected chi connectivity index (χ3v) is 5.86. The van der Waals surface area contributed by atoms with Gasteiger partial charge >= 0.3 is 0 Å². The molecule has 1 aromatic heterocycles. The van der Waals surface area contributed by atoms with E-state index in [0.29, 0.717) is 23.8 Å². The van der Waals surface area contributed by atoms with Crippen molar-refractivity contribution in [3.63, 3.8) is 0 Å². The number of aromatic amines is 1. The zero-order valence-corrected chi connectivity index (χ0v) is 17.2. The van der Waals surface area contributed by atoms with Gasteiger partial charge in [-0.15, -0.1) is 11.8 Å². The van der Waals surface area contributed by atoms with E-state index in [1.54, 1.807) is 6.07 Å². The number of carbonyl (C=O) groups is 1. The number of ether oxygens (including phenoxy) is 2. The quantitative estimate of drug-likeness (QED) is 0.651. The van der Waals surface area contributed by atoms with Gasteiger partial charge < -0.3 is 19.8 Å². The maximum atomic E-state index is 12.5. The van der Waals surface area contributed by atoms with Crippen molar-refractivity contribution in [1.82, 2.24) is 10.3 Å². The van der Waals surface area contributed by atoms with Crippen LogP contribution in [0.15, 0.2) is 41.2 Å². The lowest BCUT2D eigenvalue weighted by Gasteiger charge is -2.09. The highest BCUT2D eigenvalue weighted by Gasteiger charge is 2.13. The lowest BCUT2D eigenvalue weighted by molar-refractivity contribution is -0.118. The fourth-order valence-corrected chi connectivity index (χ4v) is 4.12. The monoisotopic (exact) mass is 410 g/mol. The molecule has 29 heavy (non-hydrogen) atoms. The largest absolute Gasteiger partial charge is 0.454 e. The normalized spacial score (nSPS) is 12.3. The van der Waals surface area contributed by atoms with Gasteiger partial charge in [0.05, 0.1) is 11.3 Å². The van der Waals surface area contributed by atoms with E-state index < -0.39 is 0 Å². The minimum absolute atomic E-state index is 0.0165. The Morgan fingerprint density at radius 3 is 2.76 bits per heavy atom. The number of fused-ring (bicyclic) bond motifs is 2. The topological polar surface area (TPSA) is 80.4 Å².